The number of hydrogen-bond acceptors (Lipinski definition) is 6. The Balaban J connectivity index is 1.99. The molecule has 0 aliphatic carbocycles. The Morgan fingerprint density at radius 2 is 1.79 bits per heavy atom. The molecule has 0 aliphatic heterocycles. The molecule has 0 spiro atoms. The number of nitrogens with zero attached hydrogens (tertiary/aromatic N) is 1. The molecular weight excluding hydrogens is 384 g/mol. The van der Waals surface area contributed by atoms with Gasteiger partial charge >= 0.3 is 5.97 Å². The van der Waals surface area contributed by atoms with Crippen LogP contribution in [-0.4, -0.2) is 44.1 Å². The molecule has 0 aromatic heterocycles. The Kier molecular flexibility index (Phi) is 7.52. The molecule has 1 amide bonds. The molecule has 2 rings (SSSR count). The number of amides is 1. The van der Waals surface area contributed by atoms with Gasteiger partial charge in [-0.3, -0.25) is 4.79 Å². The first-order valence-corrected chi connectivity index (χ1v) is 8.98. The smallest absolute Gasteiger partial charge is 0.338 e. The number of esters is 1. The van der Waals surface area contributed by atoms with Crippen LogP contribution in [0.4, 0.5) is 5.69 Å². The van der Waals surface area contributed by atoms with Crippen LogP contribution in [0.2, 0.25) is 5.02 Å². The molecule has 8 heteroatoms. The fourth-order valence-electron chi connectivity index (χ4n) is 2.55. The van der Waals surface area contributed by atoms with Crippen LogP contribution < -0.4 is 15.2 Å². The van der Waals surface area contributed by atoms with E-state index in [4.69, 9.17) is 31.5 Å². The van der Waals surface area contributed by atoms with Crippen molar-refractivity contribution in [3.8, 4) is 11.5 Å². The highest BCUT2D eigenvalue weighted by atomic mass is 35.5. The number of carbonyl (C=O) groups excluding carboxylic acids is 2. The first kappa shape index (κ1) is 21.4. The van der Waals surface area contributed by atoms with Crippen LogP contribution >= 0.6 is 11.6 Å². The molecule has 2 aromatic carbocycles. The van der Waals surface area contributed by atoms with Gasteiger partial charge in [-0.15, -0.1) is 0 Å². The standard InChI is InChI=1S/C20H23ClN2O5/c1-4-23(11-13-5-8-17(26-2)18(9-13)27-3)19(24)12-28-20(25)14-6-7-15(21)16(22)10-14/h5-10H,4,11-12,22H2,1-3H3. The maximum atomic E-state index is 12.5. The minimum absolute atomic E-state index is 0.234. The van der Waals surface area contributed by atoms with Crippen LogP contribution in [0.5, 0.6) is 11.5 Å². The Morgan fingerprint density at radius 1 is 1.07 bits per heavy atom. The largest absolute Gasteiger partial charge is 0.493 e. The van der Waals surface area contributed by atoms with E-state index in [0.717, 1.165) is 5.56 Å². The van der Waals surface area contributed by atoms with Crippen LogP contribution in [0.25, 0.3) is 0 Å². The van der Waals surface area contributed by atoms with Gasteiger partial charge in [0.2, 0.25) is 0 Å². The maximum Gasteiger partial charge on any atom is 0.338 e. The van der Waals surface area contributed by atoms with Gasteiger partial charge in [0.25, 0.3) is 5.91 Å². The van der Waals surface area contributed by atoms with Crippen LogP contribution in [0.15, 0.2) is 36.4 Å². The lowest BCUT2D eigenvalue weighted by molar-refractivity contribution is -0.134. The molecular formula is C20H23ClN2O5. The molecule has 0 saturated carbocycles. The third-order valence-electron chi connectivity index (χ3n) is 4.11. The predicted molar refractivity (Wildman–Crippen MR) is 107 cm³/mol. The van der Waals surface area contributed by atoms with Gasteiger partial charge in [0, 0.05) is 13.1 Å². The Bertz CT molecular complexity index is 856. The number of carbonyl (C=O) groups is 2. The molecule has 0 saturated heterocycles. The number of nitrogen functional groups attached to an aromatic ring is 1. The fraction of sp³-hybridized carbons (Fsp3) is 0.300. The topological polar surface area (TPSA) is 91.1 Å². The summed E-state index contributed by atoms with van der Waals surface area (Å²) in [5, 5.41) is 0.347. The SMILES string of the molecule is CCN(Cc1ccc(OC)c(OC)c1)C(=O)COC(=O)c1ccc(Cl)c(N)c1. The quantitative estimate of drug-likeness (QED) is 0.535. The highest BCUT2D eigenvalue weighted by molar-refractivity contribution is 6.33. The van der Waals surface area contributed by atoms with E-state index in [1.165, 1.54) is 18.2 Å². The minimum atomic E-state index is -0.640. The summed E-state index contributed by atoms with van der Waals surface area (Å²) in [5.74, 6) is 0.235. The number of benzene rings is 2. The molecule has 0 atom stereocenters. The van der Waals surface area contributed by atoms with Gasteiger partial charge in [-0.2, -0.15) is 0 Å². The molecule has 7 nitrogen and oxygen atoms in total. The van der Waals surface area contributed by atoms with Crippen molar-refractivity contribution in [2.24, 2.45) is 0 Å². The van der Waals surface area contributed by atoms with E-state index in [1.807, 2.05) is 13.0 Å². The monoisotopic (exact) mass is 406 g/mol. The number of methoxy groups -OCH3 is 2. The van der Waals surface area contributed by atoms with E-state index in [-0.39, 0.29) is 23.8 Å². The van der Waals surface area contributed by atoms with Crippen LogP contribution in [-0.2, 0) is 16.1 Å². The minimum Gasteiger partial charge on any atom is -0.493 e. The van der Waals surface area contributed by atoms with Crippen molar-refractivity contribution in [3.63, 3.8) is 0 Å². The molecule has 2 aromatic rings. The van der Waals surface area contributed by atoms with Gasteiger partial charge in [-0.25, -0.2) is 4.79 Å². The van der Waals surface area contributed by atoms with Crippen LogP contribution in [0.1, 0.15) is 22.8 Å². The summed E-state index contributed by atoms with van der Waals surface area (Å²) in [6, 6.07) is 9.84. The Hall–Kier alpha value is -2.93. The van der Waals surface area contributed by atoms with Gasteiger partial charge in [-0.05, 0) is 42.8 Å². The van der Waals surface area contributed by atoms with Gasteiger partial charge < -0.3 is 24.8 Å². The van der Waals surface area contributed by atoms with Crippen molar-refractivity contribution in [3.05, 3.63) is 52.5 Å². The van der Waals surface area contributed by atoms with E-state index in [1.54, 1.807) is 31.3 Å². The van der Waals surface area contributed by atoms with E-state index in [0.29, 0.717) is 29.6 Å². The van der Waals surface area contributed by atoms with Crippen LogP contribution in [0.3, 0.4) is 0 Å². The summed E-state index contributed by atoms with van der Waals surface area (Å²) in [4.78, 5) is 26.1. The van der Waals surface area contributed by atoms with E-state index < -0.39 is 5.97 Å². The fourth-order valence-corrected chi connectivity index (χ4v) is 2.67. The zero-order valence-electron chi connectivity index (χ0n) is 16.0. The van der Waals surface area contributed by atoms with E-state index in [2.05, 4.69) is 0 Å². The number of rotatable bonds is 8. The third-order valence-corrected chi connectivity index (χ3v) is 4.46. The zero-order chi connectivity index (χ0) is 20.7. The number of anilines is 1. The molecule has 0 fully saturated rings. The number of nitrogens with two attached hydrogens (primary N) is 1. The van der Waals surface area contributed by atoms with Crippen molar-refractivity contribution < 1.29 is 23.8 Å². The molecule has 28 heavy (non-hydrogen) atoms. The van der Waals surface area contributed by atoms with Gasteiger partial charge in [0.1, 0.15) is 0 Å². The van der Waals surface area contributed by atoms with Crippen molar-refractivity contribution in [2.75, 3.05) is 33.1 Å². The molecule has 0 bridgehead atoms. The average Bonchev–Trinajstić information content (AvgIpc) is 2.71. The van der Waals surface area contributed by atoms with Crippen molar-refractivity contribution in [1.82, 2.24) is 4.90 Å². The number of likely N-dealkylation sites (N-methyl/N-ethyl adjacent to an activating group) is 1. The first-order chi connectivity index (χ1) is 13.4. The van der Waals surface area contributed by atoms with E-state index in [9.17, 15) is 9.59 Å². The maximum absolute atomic E-state index is 12.5. The highest BCUT2D eigenvalue weighted by Crippen LogP contribution is 2.28. The molecule has 0 heterocycles. The number of hydrogen-bond donors (Lipinski definition) is 1. The molecule has 150 valence electrons. The number of halogens is 1. The predicted octanol–water partition coefficient (Wildman–Crippen LogP) is 3.14. The van der Waals surface area contributed by atoms with Crippen molar-refractivity contribution in [1.29, 1.82) is 0 Å². The highest BCUT2D eigenvalue weighted by Gasteiger charge is 2.17. The first-order valence-electron chi connectivity index (χ1n) is 8.60. The summed E-state index contributed by atoms with van der Waals surface area (Å²) in [7, 11) is 3.11. The Morgan fingerprint density at radius 3 is 2.39 bits per heavy atom. The summed E-state index contributed by atoms with van der Waals surface area (Å²) < 4.78 is 15.6. The second-order valence-electron chi connectivity index (χ2n) is 5.91. The number of ether oxygens (including phenoxy) is 3. The average molecular weight is 407 g/mol. The summed E-state index contributed by atoms with van der Waals surface area (Å²) in [5.41, 5.74) is 7.05. The van der Waals surface area contributed by atoms with Crippen LogP contribution in [0, 0.1) is 0 Å². The lowest BCUT2D eigenvalue weighted by atomic mass is 10.2. The molecule has 0 radical (unpaired) electrons. The molecule has 2 N–H and O–H groups in total. The van der Waals surface area contributed by atoms with Gasteiger partial charge in [-0.1, -0.05) is 17.7 Å². The molecule has 0 unspecified atom stereocenters. The lowest BCUT2D eigenvalue weighted by Crippen LogP contribution is -2.34. The lowest BCUT2D eigenvalue weighted by Gasteiger charge is -2.21. The second kappa shape index (κ2) is 9.85. The zero-order valence-corrected chi connectivity index (χ0v) is 16.8. The summed E-state index contributed by atoms with van der Waals surface area (Å²) in [6.07, 6.45) is 0. The van der Waals surface area contributed by atoms with Crippen molar-refractivity contribution >= 4 is 29.2 Å². The Labute approximate surface area is 168 Å². The second-order valence-corrected chi connectivity index (χ2v) is 6.32. The normalized spacial score (nSPS) is 10.3. The van der Waals surface area contributed by atoms with E-state index >= 15 is 0 Å². The molecule has 0 aliphatic rings. The third kappa shape index (κ3) is 5.29. The van der Waals surface area contributed by atoms with Gasteiger partial charge in [0.15, 0.2) is 18.1 Å². The van der Waals surface area contributed by atoms with Crippen molar-refractivity contribution in [2.45, 2.75) is 13.5 Å². The van der Waals surface area contributed by atoms with Gasteiger partial charge in [0.05, 0.1) is 30.5 Å². The summed E-state index contributed by atoms with van der Waals surface area (Å²) >= 11 is 5.84. The summed E-state index contributed by atoms with van der Waals surface area (Å²) in [6.45, 7) is 2.28.